The van der Waals surface area contributed by atoms with Crippen molar-refractivity contribution in [2.24, 2.45) is 0 Å². The highest BCUT2D eigenvalue weighted by Gasteiger charge is 2.25. The molecule has 0 aliphatic heterocycles. The van der Waals surface area contributed by atoms with Crippen molar-refractivity contribution in [1.29, 1.82) is 0 Å². The van der Waals surface area contributed by atoms with Crippen molar-refractivity contribution in [2.75, 3.05) is 20.6 Å². The second-order valence-corrected chi connectivity index (χ2v) is 12.1. The zero-order chi connectivity index (χ0) is 25.2. The van der Waals surface area contributed by atoms with Crippen molar-refractivity contribution in [3.05, 3.63) is 0 Å². The summed E-state index contributed by atoms with van der Waals surface area (Å²) in [6, 6.07) is 0.871. The Labute approximate surface area is 231 Å². The third-order valence-electron chi connectivity index (χ3n) is 8.44. The van der Waals surface area contributed by atoms with Gasteiger partial charge in [0.25, 0.3) is 0 Å². The first-order chi connectivity index (χ1) is 16.6. The Kier molecular flexibility index (Phi) is 30.8. The van der Waals surface area contributed by atoms with E-state index < -0.39 is 0 Å². The van der Waals surface area contributed by atoms with Crippen molar-refractivity contribution in [1.82, 2.24) is 0 Å². The molecular weight excluding hydrogens is 446 g/mol. The van der Waals surface area contributed by atoms with Crippen LogP contribution in [0, 0.1) is 0 Å². The molecule has 0 bridgehead atoms. The molecule has 35 heavy (non-hydrogen) atoms. The molecule has 2 heteroatoms. The summed E-state index contributed by atoms with van der Waals surface area (Å²) in [7, 11) is 5.01. The first-order valence-corrected chi connectivity index (χ1v) is 16.4. The Morgan fingerprint density at radius 3 is 1.00 bits per heavy atom. The summed E-state index contributed by atoms with van der Waals surface area (Å²) in [5.74, 6) is 0. The van der Waals surface area contributed by atoms with Crippen molar-refractivity contribution in [2.45, 2.75) is 194 Å². The fourth-order valence-electron chi connectivity index (χ4n) is 5.81. The molecule has 0 saturated heterocycles. The summed E-state index contributed by atoms with van der Waals surface area (Å²) >= 11 is 0. The van der Waals surface area contributed by atoms with Gasteiger partial charge in [-0.05, 0) is 32.1 Å². The number of quaternary nitrogens is 1. The Hall–Kier alpha value is 0.250. The molecular formula is C33H70ClN. The van der Waals surface area contributed by atoms with Crippen LogP contribution in [0.2, 0.25) is 0 Å². The van der Waals surface area contributed by atoms with Gasteiger partial charge in [-0.1, -0.05) is 156 Å². The van der Waals surface area contributed by atoms with Gasteiger partial charge in [0, 0.05) is 0 Å². The summed E-state index contributed by atoms with van der Waals surface area (Å²) in [6.07, 6.45) is 37.8. The zero-order valence-corrected chi connectivity index (χ0v) is 26.3. The quantitative estimate of drug-likeness (QED) is 0.0722. The van der Waals surface area contributed by atoms with Crippen LogP contribution in [0.1, 0.15) is 188 Å². The molecule has 1 unspecified atom stereocenters. The van der Waals surface area contributed by atoms with Crippen LogP contribution in [0.3, 0.4) is 0 Å². The van der Waals surface area contributed by atoms with Gasteiger partial charge in [0.15, 0.2) is 0 Å². The molecule has 0 radical (unpaired) electrons. The molecule has 0 saturated carbocycles. The Morgan fingerprint density at radius 1 is 0.400 bits per heavy atom. The first-order valence-electron chi connectivity index (χ1n) is 16.4. The van der Waals surface area contributed by atoms with Crippen molar-refractivity contribution in [3.8, 4) is 0 Å². The highest BCUT2D eigenvalue weighted by Crippen LogP contribution is 2.21. The van der Waals surface area contributed by atoms with Crippen molar-refractivity contribution >= 4 is 0 Å². The van der Waals surface area contributed by atoms with E-state index >= 15 is 0 Å². The topological polar surface area (TPSA) is 0 Å². The highest BCUT2D eigenvalue weighted by atomic mass is 35.5. The minimum Gasteiger partial charge on any atom is -1.00 e. The highest BCUT2D eigenvalue weighted by molar-refractivity contribution is 4.59. The molecule has 1 atom stereocenters. The number of hydrogen-bond donors (Lipinski definition) is 0. The fraction of sp³-hybridized carbons (Fsp3) is 1.00. The van der Waals surface area contributed by atoms with Gasteiger partial charge in [-0.2, -0.15) is 0 Å². The number of halogens is 1. The SMILES string of the molecule is CCCCCCCCCCCCCCC(CC)[N+](C)(C)CCCCCCCCCCCCCC.[Cl-]. The van der Waals surface area contributed by atoms with E-state index in [0.717, 1.165) is 6.04 Å². The van der Waals surface area contributed by atoms with E-state index in [1.807, 2.05) is 0 Å². The molecule has 0 amide bonds. The number of nitrogens with zero attached hydrogens (tertiary/aromatic N) is 1. The average molecular weight is 516 g/mol. The third kappa shape index (κ3) is 25.7. The molecule has 0 rings (SSSR count). The average Bonchev–Trinajstić information content (AvgIpc) is 2.82. The van der Waals surface area contributed by atoms with Gasteiger partial charge in [0.2, 0.25) is 0 Å². The zero-order valence-electron chi connectivity index (χ0n) is 25.5. The van der Waals surface area contributed by atoms with Crippen LogP contribution in [-0.4, -0.2) is 31.2 Å². The standard InChI is InChI=1S/C33H70N.ClH/c1-6-9-11-13-15-17-19-21-23-25-27-29-31-33(8-3)34(4,5)32-30-28-26-24-22-20-18-16-14-12-10-7-2;/h33H,6-32H2,1-5H3;1H/q+1;/p-1. The Balaban J connectivity index is 0. The third-order valence-corrected chi connectivity index (χ3v) is 8.44. The van der Waals surface area contributed by atoms with Gasteiger partial charge in [0.05, 0.1) is 26.7 Å². The van der Waals surface area contributed by atoms with Crippen LogP contribution < -0.4 is 12.4 Å². The fourth-order valence-corrected chi connectivity index (χ4v) is 5.81. The lowest BCUT2D eigenvalue weighted by Crippen LogP contribution is -3.00. The number of hydrogen-bond acceptors (Lipinski definition) is 0. The monoisotopic (exact) mass is 516 g/mol. The van der Waals surface area contributed by atoms with Crippen LogP contribution in [0.5, 0.6) is 0 Å². The van der Waals surface area contributed by atoms with Crippen molar-refractivity contribution < 1.29 is 16.9 Å². The van der Waals surface area contributed by atoms with Crippen LogP contribution in [-0.2, 0) is 0 Å². The predicted molar refractivity (Wildman–Crippen MR) is 158 cm³/mol. The molecule has 0 aromatic rings. The van der Waals surface area contributed by atoms with Crippen LogP contribution in [0.15, 0.2) is 0 Å². The molecule has 0 heterocycles. The summed E-state index contributed by atoms with van der Waals surface area (Å²) < 4.78 is 1.26. The summed E-state index contributed by atoms with van der Waals surface area (Å²) in [6.45, 7) is 8.42. The Bertz CT molecular complexity index is 381. The minimum absolute atomic E-state index is 0. The normalized spacial score (nSPS) is 12.6. The summed E-state index contributed by atoms with van der Waals surface area (Å²) in [5.41, 5.74) is 0. The van der Waals surface area contributed by atoms with Gasteiger partial charge >= 0.3 is 0 Å². The largest absolute Gasteiger partial charge is 1.00 e. The van der Waals surface area contributed by atoms with E-state index in [4.69, 9.17) is 0 Å². The molecule has 0 aliphatic carbocycles. The lowest BCUT2D eigenvalue weighted by atomic mass is 10.00. The maximum absolute atomic E-state index is 2.51. The molecule has 0 aromatic heterocycles. The molecule has 0 aromatic carbocycles. The predicted octanol–water partition coefficient (Wildman–Crippen LogP) is 8.64. The van der Waals surface area contributed by atoms with Crippen molar-refractivity contribution in [3.63, 3.8) is 0 Å². The maximum atomic E-state index is 2.51. The maximum Gasteiger partial charge on any atom is 0.0883 e. The van der Waals surface area contributed by atoms with Gasteiger partial charge in [-0.15, -0.1) is 0 Å². The number of unbranched alkanes of at least 4 members (excludes halogenated alkanes) is 22. The Morgan fingerprint density at radius 2 is 0.686 bits per heavy atom. The number of rotatable bonds is 28. The molecule has 0 N–H and O–H groups in total. The molecule has 0 fully saturated rings. The molecule has 214 valence electrons. The summed E-state index contributed by atoms with van der Waals surface area (Å²) in [5, 5.41) is 0. The van der Waals surface area contributed by atoms with E-state index in [2.05, 4.69) is 34.9 Å². The van der Waals surface area contributed by atoms with Gasteiger partial charge in [-0.25, -0.2) is 0 Å². The lowest BCUT2D eigenvalue weighted by Gasteiger charge is -2.38. The molecule has 1 nitrogen and oxygen atoms in total. The van der Waals surface area contributed by atoms with Crippen LogP contribution in [0.25, 0.3) is 0 Å². The smallest absolute Gasteiger partial charge is 0.0883 e. The lowest BCUT2D eigenvalue weighted by molar-refractivity contribution is -0.915. The summed E-state index contributed by atoms with van der Waals surface area (Å²) in [4.78, 5) is 0. The van der Waals surface area contributed by atoms with E-state index in [0.29, 0.717) is 0 Å². The molecule has 0 spiro atoms. The van der Waals surface area contributed by atoms with Gasteiger partial charge in [-0.3, -0.25) is 0 Å². The first kappa shape index (κ1) is 37.4. The van der Waals surface area contributed by atoms with E-state index in [-0.39, 0.29) is 12.4 Å². The van der Waals surface area contributed by atoms with Gasteiger partial charge in [0.1, 0.15) is 0 Å². The van der Waals surface area contributed by atoms with E-state index in [1.54, 1.807) is 0 Å². The second-order valence-electron chi connectivity index (χ2n) is 12.1. The van der Waals surface area contributed by atoms with Crippen LogP contribution >= 0.6 is 0 Å². The van der Waals surface area contributed by atoms with Crippen LogP contribution in [0.4, 0.5) is 0 Å². The van der Waals surface area contributed by atoms with E-state index in [9.17, 15) is 0 Å². The van der Waals surface area contributed by atoms with Gasteiger partial charge < -0.3 is 16.9 Å². The van der Waals surface area contributed by atoms with E-state index in [1.165, 1.54) is 178 Å². The molecule has 0 aliphatic rings. The minimum atomic E-state index is 0. The second kappa shape index (κ2) is 28.8.